The second-order valence-electron chi connectivity index (χ2n) is 7.01. The molecule has 0 unspecified atom stereocenters. The molecule has 0 aromatic carbocycles. The van der Waals surface area contributed by atoms with Gasteiger partial charge in [-0.3, -0.25) is 14.4 Å². The summed E-state index contributed by atoms with van der Waals surface area (Å²) in [7, 11) is 0. The van der Waals surface area contributed by atoms with E-state index in [1.54, 1.807) is 20.8 Å². The van der Waals surface area contributed by atoms with Crippen molar-refractivity contribution in [3.8, 4) is 0 Å². The minimum atomic E-state index is -1.24. The highest BCUT2D eigenvalue weighted by atomic mass is 16.6. The van der Waals surface area contributed by atoms with Gasteiger partial charge in [-0.1, -0.05) is 20.8 Å². The molecule has 0 aromatic heterocycles. The molecule has 0 rings (SSSR count). The summed E-state index contributed by atoms with van der Waals surface area (Å²) in [5, 5.41) is 29.2. The fourth-order valence-corrected chi connectivity index (χ4v) is 2.03. The van der Waals surface area contributed by atoms with Gasteiger partial charge in [0.05, 0.1) is 43.9 Å². The van der Waals surface area contributed by atoms with Crippen LogP contribution in [0.15, 0.2) is 0 Å². The summed E-state index contributed by atoms with van der Waals surface area (Å²) in [5.74, 6) is -1.47. The molecular weight excluding hydrogens is 388 g/mol. The van der Waals surface area contributed by atoms with Gasteiger partial charge in [0.15, 0.2) is 0 Å². The van der Waals surface area contributed by atoms with E-state index in [0.717, 1.165) is 0 Å². The number of aliphatic hydroxyl groups is 3. The van der Waals surface area contributed by atoms with Crippen LogP contribution < -0.4 is 0 Å². The van der Waals surface area contributed by atoms with Crippen LogP contribution in [-0.4, -0.2) is 86.1 Å². The Balaban J connectivity index is 5.10. The summed E-state index contributed by atoms with van der Waals surface area (Å²) in [6, 6.07) is 0. The summed E-state index contributed by atoms with van der Waals surface area (Å²) in [4.78, 5) is 34.4. The molecule has 0 fully saturated rings. The molecule has 0 saturated heterocycles. The van der Waals surface area contributed by atoms with Crippen LogP contribution in [0.5, 0.6) is 0 Å². The van der Waals surface area contributed by atoms with E-state index < -0.39 is 48.6 Å². The topological polar surface area (TPSA) is 149 Å². The third-order valence-corrected chi connectivity index (χ3v) is 4.31. The highest BCUT2D eigenvalue weighted by molar-refractivity contribution is 5.69. The molecule has 0 atom stereocenters. The zero-order valence-corrected chi connectivity index (χ0v) is 17.5. The number of esters is 3. The van der Waals surface area contributed by atoms with Crippen molar-refractivity contribution in [2.24, 2.45) is 10.8 Å². The van der Waals surface area contributed by atoms with Crippen LogP contribution in [0.3, 0.4) is 0 Å². The SMILES string of the molecule is CCC(=O)OCC(CO)(CO)COCC(CO)(COC(=O)CC)COC(=O)CC. The van der Waals surface area contributed by atoms with E-state index in [-0.39, 0.29) is 52.3 Å². The van der Waals surface area contributed by atoms with Crippen LogP contribution in [0.2, 0.25) is 0 Å². The van der Waals surface area contributed by atoms with E-state index in [0.29, 0.717) is 0 Å². The zero-order chi connectivity index (χ0) is 22.3. The first kappa shape index (κ1) is 27.2. The van der Waals surface area contributed by atoms with Crippen molar-refractivity contribution in [2.75, 3.05) is 52.9 Å². The van der Waals surface area contributed by atoms with Crippen LogP contribution >= 0.6 is 0 Å². The van der Waals surface area contributed by atoms with E-state index in [9.17, 15) is 29.7 Å². The van der Waals surface area contributed by atoms with Crippen LogP contribution in [0, 0.1) is 10.8 Å². The molecule has 29 heavy (non-hydrogen) atoms. The van der Waals surface area contributed by atoms with Crippen molar-refractivity contribution in [2.45, 2.75) is 40.0 Å². The maximum Gasteiger partial charge on any atom is 0.305 e. The van der Waals surface area contributed by atoms with Crippen molar-refractivity contribution in [3.05, 3.63) is 0 Å². The predicted octanol–water partition coefficient (Wildman–Crippen LogP) is -0.188. The number of aliphatic hydroxyl groups excluding tert-OH is 3. The molecule has 3 N–H and O–H groups in total. The molecule has 10 nitrogen and oxygen atoms in total. The predicted molar refractivity (Wildman–Crippen MR) is 101 cm³/mol. The van der Waals surface area contributed by atoms with E-state index in [1.807, 2.05) is 0 Å². The standard InChI is InChI=1S/C19H34O10/c1-4-15(23)27-12-18(7-20,8-21)10-26-11-19(9-22,13-28-16(24)5-2)14-29-17(25)6-3/h20-22H,4-14H2,1-3H3. The molecule has 0 radical (unpaired) electrons. The minimum Gasteiger partial charge on any atom is -0.465 e. The number of rotatable bonds is 16. The van der Waals surface area contributed by atoms with Crippen LogP contribution in [0.4, 0.5) is 0 Å². The van der Waals surface area contributed by atoms with Gasteiger partial charge in [-0.2, -0.15) is 0 Å². The lowest BCUT2D eigenvalue weighted by Crippen LogP contribution is -2.45. The van der Waals surface area contributed by atoms with Gasteiger partial charge in [-0.25, -0.2) is 0 Å². The molecule has 0 aromatic rings. The average molecular weight is 422 g/mol. The molecule has 0 aliphatic heterocycles. The Morgan fingerprint density at radius 3 is 1.21 bits per heavy atom. The van der Waals surface area contributed by atoms with Gasteiger partial charge in [0.2, 0.25) is 0 Å². The van der Waals surface area contributed by atoms with E-state index in [1.165, 1.54) is 0 Å². The molecule has 170 valence electrons. The first-order chi connectivity index (χ1) is 13.8. The molecule has 0 aliphatic rings. The largest absolute Gasteiger partial charge is 0.465 e. The smallest absolute Gasteiger partial charge is 0.305 e. The molecular formula is C19H34O10. The number of hydrogen-bond donors (Lipinski definition) is 3. The normalized spacial score (nSPS) is 11.8. The summed E-state index contributed by atoms with van der Waals surface area (Å²) in [6.45, 7) is 2.17. The third-order valence-electron chi connectivity index (χ3n) is 4.31. The van der Waals surface area contributed by atoms with Crippen molar-refractivity contribution in [1.82, 2.24) is 0 Å². The number of carbonyl (C=O) groups excluding carboxylic acids is 3. The molecule has 0 amide bonds. The van der Waals surface area contributed by atoms with Crippen molar-refractivity contribution in [3.63, 3.8) is 0 Å². The molecule has 0 bridgehead atoms. The summed E-state index contributed by atoms with van der Waals surface area (Å²) < 4.78 is 20.8. The molecule has 0 spiro atoms. The van der Waals surface area contributed by atoms with Gasteiger partial charge in [-0.15, -0.1) is 0 Å². The monoisotopic (exact) mass is 422 g/mol. The highest BCUT2D eigenvalue weighted by Gasteiger charge is 2.37. The summed E-state index contributed by atoms with van der Waals surface area (Å²) in [6.07, 6.45) is 0.420. The Bertz CT molecular complexity index is 481. The van der Waals surface area contributed by atoms with E-state index in [4.69, 9.17) is 18.9 Å². The number of hydrogen-bond acceptors (Lipinski definition) is 10. The third kappa shape index (κ3) is 10.0. The van der Waals surface area contributed by atoms with Crippen LogP contribution in [0.1, 0.15) is 40.0 Å². The Hall–Kier alpha value is -1.75. The van der Waals surface area contributed by atoms with E-state index >= 15 is 0 Å². The molecule has 0 heterocycles. The Morgan fingerprint density at radius 2 is 0.897 bits per heavy atom. The fourth-order valence-electron chi connectivity index (χ4n) is 2.03. The van der Waals surface area contributed by atoms with Crippen molar-refractivity contribution in [1.29, 1.82) is 0 Å². The van der Waals surface area contributed by atoms with Crippen molar-refractivity contribution >= 4 is 17.9 Å². The Kier molecular flexibility index (Phi) is 13.4. The van der Waals surface area contributed by atoms with Crippen LogP contribution in [0.25, 0.3) is 0 Å². The second kappa shape index (κ2) is 14.3. The number of carbonyl (C=O) groups is 3. The fraction of sp³-hybridized carbons (Fsp3) is 0.842. The summed E-state index contributed by atoms with van der Waals surface area (Å²) >= 11 is 0. The Morgan fingerprint density at radius 1 is 0.586 bits per heavy atom. The van der Waals surface area contributed by atoms with Gasteiger partial charge in [0.25, 0.3) is 0 Å². The summed E-state index contributed by atoms with van der Waals surface area (Å²) in [5.41, 5.74) is -2.46. The van der Waals surface area contributed by atoms with Gasteiger partial charge in [0, 0.05) is 19.3 Å². The zero-order valence-electron chi connectivity index (χ0n) is 17.5. The van der Waals surface area contributed by atoms with Crippen molar-refractivity contribution < 1.29 is 48.7 Å². The minimum absolute atomic E-state index is 0.137. The first-order valence-corrected chi connectivity index (χ1v) is 9.63. The van der Waals surface area contributed by atoms with E-state index in [2.05, 4.69) is 0 Å². The number of ether oxygens (including phenoxy) is 4. The molecule has 0 saturated carbocycles. The average Bonchev–Trinajstić information content (AvgIpc) is 2.76. The lowest BCUT2D eigenvalue weighted by molar-refractivity contribution is -0.164. The van der Waals surface area contributed by atoms with Gasteiger partial charge in [0.1, 0.15) is 19.8 Å². The van der Waals surface area contributed by atoms with Gasteiger partial charge in [-0.05, 0) is 0 Å². The quantitative estimate of drug-likeness (QED) is 0.226. The maximum absolute atomic E-state index is 11.5. The van der Waals surface area contributed by atoms with Gasteiger partial charge >= 0.3 is 17.9 Å². The second-order valence-corrected chi connectivity index (χ2v) is 7.01. The molecule has 0 aliphatic carbocycles. The molecule has 10 heteroatoms. The first-order valence-electron chi connectivity index (χ1n) is 9.63. The Labute approximate surface area is 171 Å². The van der Waals surface area contributed by atoms with Crippen LogP contribution in [-0.2, 0) is 33.3 Å². The maximum atomic E-state index is 11.5. The lowest BCUT2D eigenvalue weighted by Gasteiger charge is -2.33. The highest BCUT2D eigenvalue weighted by Crippen LogP contribution is 2.23. The van der Waals surface area contributed by atoms with Gasteiger partial charge < -0.3 is 34.3 Å². The lowest BCUT2D eigenvalue weighted by atomic mass is 9.90.